The Morgan fingerprint density at radius 1 is 0.903 bits per heavy atom. The summed E-state index contributed by atoms with van der Waals surface area (Å²) in [5.41, 5.74) is 3.99. The maximum absolute atomic E-state index is 12.4. The van der Waals surface area contributed by atoms with Gasteiger partial charge < -0.3 is 10.1 Å². The van der Waals surface area contributed by atoms with Crippen LogP contribution in [-0.2, 0) is 4.79 Å². The number of aromatic nitrogens is 3. The second-order valence-electron chi connectivity index (χ2n) is 7.29. The molecule has 5 rings (SSSR count). The molecule has 1 aromatic heterocycles. The SMILES string of the molecule is Cc1cc2nn(-c3cccc4ccccc34)nc2cc1NC(=O)COc1ccccc1. The lowest BCUT2D eigenvalue weighted by atomic mass is 10.1. The fourth-order valence-electron chi connectivity index (χ4n) is 3.54. The molecule has 0 spiro atoms. The summed E-state index contributed by atoms with van der Waals surface area (Å²) in [7, 11) is 0. The van der Waals surface area contributed by atoms with Gasteiger partial charge in [-0.3, -0.25) is 4.79 Å². The van der Waals surface area contributed by atoms with E-state index in [4.69, 9.17) is 4.74 Å². The Bertz CT molecular complexity index is 1390. The van der Waals surface area contributed by atoms with Crippen LogP contribution < -0.4 is 10.1 Å². The molecule has 0 radical (unpaired) electrons. The van der Waals surface area contributed by atoms with E-state index in [1.54, 1.807) is 4.80 Å². The van der Waals surface area contributed by atoms with Gasteiger partial charge in [-0.05, 0) is 48.2 Å². The minimum absolute atomic E-state index is 0.0653. The van der Waals surface area contributed by atoms with Crippen molar-refractivity contribution >= 4 is 33.4 Å². The fraction of sp³-hybridized carbons (Fsp3) is 0.0800. The Kier molecular flexibility index (Phi) is 4.80. The number of fused-ring (bicyclic) bond motifs is 2. The van der Waals surface area contributed by atoms with Crippen LogP contribution in [0.5, 0.6) is 5.75 Å². The molecule has 1 N–H and O–H groups in total. The Balaban J connectivity index is 1.41. The second kappa shape index (κ2) is 7.91. The number of nitrogens with zero attached hydrogens (tertiary/aromatic N) is 3. The molecular weight excluding hydrogens is 388 g/mol. The molecule has 0 fully saturated rings. The van der Waals surface area contributed by atoms with Gasteiger partial charge >= 0.3 is 0 Å². The Morgan fingerprint density at radius 3 is 2.45 bits per heavy atom. The van der Waals surface area contributed by atoms with E-state index in [1.165, 1.54) is 0 Å². The van der Waals surface area contributed by atoms with E-state index in [2.05, 4.69) is 33.7 Å². The number of para-hydroxylation sites is 1. The van der Waals surface area contributed by atoms with E-state index < -0.39 is 0 Å². The predicted molar refractivity (Wildman–Crippen MR) is 122 cm³/mol. The highest BCUT2D eigenvalue weighted by Gasteiger charge is 2.12. The standard InChI is InChI=1S/C25H20N4O2/c1-17-14-22-23(15-21(17)26-25(30)16-31-19-10-3-2-4-11-19)28-29(27-22)24-13-7-9-18-8-5-6-12-20(18)24/h2-15H,16H2,1H3,(H,26,30). The van der Waals surface area contributed by atoms with Crippen molar-refractivity contribution in [3.05, 3.63) is 90.5 Å². The van der Waals surface area contributed by atoms with Gasteiger partial charge in [0.05, 0.1) is 5.69 Å². The van der Waals surface area contributed by atoms with Crippen LogP contribution in [0.1, 0.15) is 5.56 Å². The van der Waals surface area contributed by atoms with E-state index in [-0.39, 0.29) is 12.5 Å². The summed E-state index contributed by atoms with van der Waals surface area (Å²) in [5.74, 6) is 0.426. The zero-order valence-electron chi connectivity index (χ0n) is 16.9. The van der Waals surface area contributed by atoms with E-state index >= 15 is 0 Å². The van der Waals surface area contributed by atoms with Crippen molar-refractivity contribution in [1.82, 2.24) is 15.0 Å². The summed E-state index contributed by atoms with van der Waals surface area (Å²) in [6.07, 6.45) is 0. The number of hydrogen-bond acceptors (Lipinski definition) is 4. The lowest BCUT2D eigenvalue weighted by Gasteiger charge is -2.09. The first-order valence-electron chi connectivity index (χ1n) is 10.0. The monoisotopic (exact) mass is 408 g/mol. The molecule has 5 aromatic rings. The molecule has 6 heteroatoms. The second-order valence-corrected chi connectivity index (χ2v) is 7.29. The lowest BCUT2D eigenvalue weighted by molar-refractivity contribution is -0.118. The number of ether oxygens (including phenoxy) is 1. The zero-order chi connectivity index (χ0) is 21.2. The average molecular weight is 408 g/mol. The van der Waals surface area contributed by atoms with Crippen LogP contribution in [0.2, 0.25) is 0 Å². The summed E-state index contributed by atoms with van der Waals surface area (Å²) in [4.78, 5) is 14.0. The highest BCUT2D eigenvalue weighted by atomic mass is 16.5. The Labute approximate surface area is 179 Å². The van der Waals surface area contributed by atoms with E-state index in [0.29, 0.717) is 17.0 Å². The maximum atomic E-state index is 12.4. The van der Waals surface area contributed by atoms with E-state index in [1.807, 2.05) is 73.7 Å². The van der Waals surface area contributed by atoms with Crippen molar-refractivity contribution in [3.8, 4) is 11.4 Å². The van der Waals surface area contributed by atoms with E-state index in [0.717, 1.165) is 27.5 Å². The highest BCUT2D eigenvalue weighted by molar-refractivity contribution is 5.95. The lowest BCUT2D eigenvalue weighted by Crippen LogP contribution is -2.20. The number of rotatable bonds is 5. The van der Waals surface area contributed by atoms with Crippen LogP contribution >= 0.6 is 0 Å². The number of benzene rings is 4. The fourth-order valence-corrected chi connectivity index (χ4v) is 3.54. The quantitative estimate of drug-likeness (QED) is 0.449. The summed E-state index contributed by atoms with van der Waals surface area (Å²) in [5, 5.41) is 14.4. The molecular formula is C25H20N4O2. The number of aryl methyl sites for hydroxylation is 1. The minimum atomic E-state index is -0.229. The topological polar surface area (TPSA) is 69.0 Å². The third kappa shape index (κ3) is 3.83. The van der Waals surface area contributed by atoms with Gasteiger partial charge in [0.2, 0.25) is 0 Å². The summed E-state index contributed by atoms with van der Waals surface area (Å²) < 4.78 is 5.53. The molecule has 4 aromatic carbocycles. The molecule has 1 amide bonds. The average Bonchev–Trinajstić information content (AvgIpc) is 3.20. The van der Waals surface area contributed by atoms with Crippen LogP contribution in [-0.4, -0.2) is 27.5 Å². The van der Waals surface area contributed by atoms with Crippen molar-refractivity contribution in [3.63, 3.8) is 0 Å². The molecule has 6 nitrogen and oxygen atoms in total. The van der Waals surface area contributed by atoms with Crippen molar-refractivity contribution in [2.75, 3.05) is 11.9 Å². The first-order chi connectivity index (χ1) is 15.2. The number of amides is 1. The number of carbonyl (C=O) groups excluding carboxylic acids is 1. The smallest absolute Gasteiger partial charge is 0.262 e. The third-order valence-corrected chi connectivity index (χ3v) is 5.10. The van der Waals surface area contributed by atoms with Crippen LogP contribution in [0.25, 0.3) is 27.5 Å². The molecule has 0 bridgehead atoms. The molecule has 0 saturated carbocycles. The van der Waals surface area contributed by atoms with Gasteiger partial charge in [-0.25, -0.2) is 0 Å². The number of anilines is 1. The molecule has 0 atom stereocenters. The van der Waals surface area contributed by atoms with Gasteiger partial charge in [-0.1, -0.05) is 54.6 Å². The van der Waals surface area contributed by atoms with Crippen LogP contribution in [0.4, 0.5) is 5.69 Å². The Morgan fingerprint density at radius 2 is 1.61 bits per heavy atom. The van der Waals surface area contributed by atoms with Crippen LogP contribution in [0, 0.1) is 6.92 Å². The van der Waals surface area contributed by atoms with Crippen molar-refractivity contribution in [1.29, 1.82) is 0 Å². The maximum Gasteiger partial charge on any atom is 0.262 e. The molecule has 0 saturated heterocycles. The van der Waals surface area contributed by atoms with Gasteiger partial charge in [-0.15, -0.1) is 15.0 Å². The number of carbonyl (C=O) groups is 1. The molecule has 152 valence electrons. The summed E-state index contributed by atoms with van der Waals surface area (Å²) in [6.45, 7) is 1.87. The normalized spacial score (nSPS) is 11.0. The summed E-state index contributed by atoms with van der Waals surface area (Å²) in [6, 6.07) is 27.2. The minimum Gasteiger partial charge on any atom is -0.484 e. The summed E-state index contributed by atoms with van der Waals surface area (Å²) >= 11 is 0. The van der Waals surface area contributed by atoms with Gasteiger partial charge in [-0.2, -0.15) is 0 Å². The number of nitrogens with one attached hydrogen (secondary N) is 1. The van der Waals surface area contributed by atoms with Gasteiger partial charge in [0.1, 0.15) is 16.8 Å². The first kappa shape index (κ1) is 18.8. The van der Waals surface area contributed by atoms with Crippen LogP contribution in [0.3, 0.4) is 0 Å². The van der Waals surface area contributed by atoms with Gasteiger partial charge in [0.15, 0.2) is 6.61 Å². The van der Waals surface area contributed by atoms with Crippen LogP contribution in [0.15, 0.2) is 84.9 Å². The molecule has 0 aliphatic heterocycles. The van der Waals surface area contributed by atoms with E-state index in [9.17, 15) is 4.79 Å². The van der Waals surface area contributed by atoms with Crippen molar-refractivity contribution in [2.45, 2.75) is 6.92 Å². The highest BCUT2D eigenvalue weighted by Crippen LogP contribution is 2.25. The van der Waals surface area contributed by atoms with Crippen molar-refractivity contribution in [2.24, 2.45) is 0 Å². The molecule has 0 aliphatic carbocycles. The molecule has 31 heavy (non-hydrogen) atoms. The number of hydrogen-bond donors (Lipinski definition) is 1. The first-order valence-corrected chi connectivity index (χ1v) is 10.0. The Hall–Kier alpha value is -4.19. The third-order valence-electron chi connectivity index (χ3n) is 5.10. The molecule has 0 aliphatic rings. The molecule has 1 heterocycles. The van der Waals surface area contributed by atoms with Gasteiger partial charge in [0.25, 0.3) is 5.91 Å². The predicted octanol–water partition coefficient (Wildman–Crippen LogP) is 4.90. The largest absolute Gasteiger partial charge is 0.484 e. The van der Waals surface area contributed by atoms with Crippen molar-refractivity contribution < 1.29 is 9.53 Å². The van der Waals surface area contributed by atoms with Gasteiger partial charge in [0, 0.05) is 11.1 Å². The zero-order valence-corrected chi connectivity index (χ0v) is 16.9. The molecule has 0 unspecified atom stereocenters.